The molecule has 1 aromatic heterocycles. The average Bonchev–Trinajstić information content (AvgIpc) is 3.30. The van der Waals surface area contributed by atoms with E-state index >= 15 is 0 Å². The molecule has 0 N–H and O–H groups in total. The fourth-order valence-corrected chi connectivity index (χ4v) is 3.41. The Hall–Kier alpha value is -1.12. The molecule has 0 aliphatic heterocycles. The molecule has 20 heavy (non-hydrogen) atoms. The summed E-state index contributed by atoms with van der Waals surface area (Å²) in [5.41, 5.74) is 0. The normalized spacial score (nSPS) is 26.5. The van der Waals surface area contributed by atoms with Crippen molar-refractivity contribution in [3.8, 4) is 0 Å². The lowest BCUT2D eigenvalue weighted by Gasteiger charge is -2.37. The minimum Gasteiger partial charge on any atom is -0.353 e. The van der Waals surface area contributed by atoms with Crippen LogP contribution in [0, 0.1) is 17.7 Å². The van der Waals surface area contributed by atoms with Crippen molar-refractivity contribution in [2.45, 2.75) is 57.9 Å². The van der Waals surface area contributed by atoms with Gasteiger partial charge in [-0.25, -0.2) is 9.37 Å². The van der Waals surface area contributed by atoms with Crippen molar-refractivity contribution < 1.29 is 4.39 Å². The van der Waals surface area contributed by atoms with Crippen LogP contribution in [0.3, 0.4) is 0 Å². The highest BCUT2D eigenvalue weighted by atomic mass is 19.1. The standard InChI is InChI=1S/C17H25FN2/c1-2-13-5-8-16(9-6-13)20(12-14-3-4-14)17-10-7-15(18)11-19-17/h7,10-11,13-14,16H,2-6,8-9,12H2,1H3. The second-order valence-corrected chi connectivity index (χ2v) is 6.51. The van der Waals surface area contributed by atoms with Crippen LogP contribution in [0.5, 0.6) is 0 Å². The van der Waals surface area contributed by atoms with Crippen LogP contribution < -0.4 is 4.90 Å². The van der Waals surface area contributed by atoms with E-state index in [-0.39, 0.29) is 5.82 Å². The number of anilines is 1. The van der Waals surface area contributed by atoms with Crippen LogP contribution in [-0.2, 0) is 0 Å². The summed E-state index contributed by atoms with van der Waals surface area (Å²) in [5, 5.41) is 0. The molecule has 110 valence electrons. The molecule has 0 unspecified atom stereocenters. The number of pyridine rings is 1. The molecule has 0 saturated heterocycles. The molecule has 2 saturated carbocycles. The zero-order valence-corrected chi connectivity index (χ0v) is 12.4. The van der Waals surface area contributed by atoms with Gasteiger partial charge in [-0.1, -0.05) is 13.3 Å². The molecule has 2 aliphatic rings. The number of rotatable bonds is 5. The van der Waals surface area contributed by atoms with Gasteiger partial charge in [0.05, 0.1) is 6.20 Å². The van der Waals surface area contributed by atoms with Gasteiger partial charge in [-0.05, 0) is 62.5 Å². The fraction of sp³-hybridized carbons (Fsp3) is 0.706. The van der Waals surface area contributed by atoms with Crippen LogP contribution in [0.1, 0.15) is 51.9 Å². The number of aromatic nitrogens is 1. The van der Waals surface area contributed by atoms with Crippen LogP contribution in [0.4, 0.5) is 10.2 Å². The highest BCUT2D eigenvalue weighted by Crippen LogP contribution is 2.36. The minimum absolute atomic E-state index is 0.241. The van der Waals surface area contributed by atoms with Crippen LogP contribution in [0.15, 0.2) is 18.3 Å². The molecule has 3 rings (SSSR count). The Morgan fingerprint density at radius 1 is 1.10 bits per heavy atom. The number of halogens is 1. The average molecular weight is 276 g/mol. The summed E-state index contributed by atoms with van der Waals surface area (Å²) in [6.07, 6.45) is 10.6. The van der Waals surface area contributed by atoms with E-state index in [4.69, 9.17) is 0 Å². The van der Waals surface area contributed by atoms with E-state index in [1.807, 2.05) is 6.07 Å². The Kier molecular flexibility index (Phi) is 4.23. The van der Waals surface area contributed by atoms with E-state index in [0.717, 1.165) is 24.2 Å². The Morgan fingerprint density at radius 2 is 1.80 bits per heavy atom. The summed E-state index contributed by atoms with van der Waals surface area (Å²) in [4.78, 5) is 6.79. The Morgan fingerprint density at radius 3 is 2.35 bits per heavy atom. The molecule has 1 heterocycles. The highest BCUT2D eigenvalue weighted by molar-refractivity contribution is 5.40. The van der Waals surface area contributed by atoms with Crippen LogP contribution in [0.2, 0.25) is 0 Å². The molecule has 0 spiro atoms. The summed E-state index contributed by atoms with van der Waals surface area (Å²) < 4.78 is 13.1. The van der Waals surface area contributed by atoms with E-state index in [9.17, 15) is 4.39 Å². The van der Waals surface area contributed by atoms with Gasteiger partial charge in [0.15, 0.2) is 0 Å². The molecule has 3 heteroatoms. The van der Waals surface area contributed by atoms with Gasteiger partial charge >= 0.3 is 0 Å². The number of nitrogens with zero attached hydrogens (tertiary/aromatic N) is 2. The monoisotopic (exact) mass is 276 g/mol. The lowest BCUT2D eigenvalue weighted by Crippen LogP contribution is -2.40. The van der Waals surface area contributed by atoms with Crippen molar-refractivity contribution in [2.24, 2.45) is 11.8 Å². The first-order chi connectivity index (χ1) is 9.76. The van der Waals surface area contributed by atoms with Crippen LogP contribution >= 0.6 is 0 Å². The molecule has 0 amide bonds. The number of hydrogen-bond donors (Lipinski definition) is 0. The first kappa shape index (κ1) is 13.8. The summed E-state index contributed by atoms with van der Waals surface area (Å²) in [6, 6.07) is 4.00. The van der Waals surface area contributed by atoms with Gasteiger partial charge in [-0.3, -0.25) is 0 Å². The molecule has 2 aliphatic carbocycles. The van der Waals surface area contributed by atoms with Crippen molar-refractivity contribution in [3.05, 3.63) is 24.1 Å². The largest absolute Gasteiger partial charge is 0.353 e. The van der Waals surface area contributed by atoms with Crippen molar-refractivity contribution in [2.75, 3.05) is 11.4 Å². The lowest BCUT2D eigenvalue weighted by atomic mass is 9.84. The molecule has 0 aromatic carbocycles. The van der Waals surface area contributed by atoms with E-state index in [1.54, 1.807) is 6.07 Å². The van der Waals surface area contributed by atoms with Crippen LogP contribution in [0.25, 0.3) is 0 Å². The second-order valence-electron chi connectivity index (χ2n) is 6.51. The van der Waals surface area contributed by atoms with E-state index in [2.05, 4.69) is 16.8 Å². The zero-order chi connectivity index (χ0) is 13.9. The minimum atomic E-state index is -0.241. The van der Waals surface area contributed by atoms with Gasteiger partial charge in [0, 0.05) is 12.6 Å². The smallest absolute Gasteiger partial charge is 0.141 e. The second kappa shape index (κ2) is 6.11. The maximum Gasteiger partial charge on any atom is 0.141 e. The first-order valence-electron chi connectivity index (χ1n) is 8.14. The van der Waals surface area contributed by atoms with Gasteiger partial charge in [-0.15, -0.1) is 0 Å². The lowest BCUT2D eigenvalue weighted by molar-refractivity contribution is 0.306. The van der Waals surface area contributed by atoms with Crippen molar-refractivity contribution in [1.29, 1.82) is 0 Å². The molecule has 0 atom stereocenters. The summed E-state index contributed by atoms with van der Waals surface area (Å²) >= 11 is 0. The topological polar surface area (TPSA) is 16.1 Å². The SMILES string of the molecule is CCC1CCC(N(CC2CC2)c2ccc(F)cn2)CC1. The van der Waals surface area contributed by atoms with Gasteiger partial charge in [0.2, 0.25) is 0 Å². The van der Waals surface area contributed by atoms with Gasteiger partial charge in [-0.2, -0.15) is 0 Å². The molecule has 0 radical (unpaired) electrons. The van der Waals surface area contributed by atoms with Gasteiger partial charge in [0.25, 0.3) is 0 Å². The third kappa shape index (κ3) is 3.31. The maximum absolute atomic E-state index is 13.1. The molecular formula is C17H25FN2. The van der Waals surface area contributed by atoms with Crippen molar-refractivity contribution in [1.82, 2.24) is 4.98 Å². The quantitative estimate of drug-likeness (QED) is 0.792. The molecular weight excluding hydrogens is 251 g/mol. The van der Waals surface area contributed by atoms with Gasteiger partial charge < -0.3 is 4.90 Å². The first-order valence-corrected chi connectivity index (χ1v) is 8.14. The summed E-state index contributed by atoms with van der Waals surface area (Å²) in [7, 11) is 0. The Balaban J connectivity index is 1.70. The fourth-order valence-electron chi connectivity index (χ4n) is 3.41. The molecule has 2 nitrogen and oxygen atoms in total. The number of hydrogen-bond acceptors (Lipinski definition) is 2. The Bertz CT molecular complexity index is 419. The summed E-state index contributed by atoms with van der Waals surface area (Å²) in [6.45, 7) is 3.41. The van der Waals surface area contributed by atoms with E-state index in [1.165, 1.54) is 51.1 Å². The maximum atomic E-state index is 13.1. The molecule has 2 fully saturated rings. The third-order valence-corrected chi connectivity index (χ3v) is 4.99. The predicted octanol–water partition coefficient (Wildman–Crippen LogP) is 4.41. The van der Waals surface area contributed by atoms with Gasteiger partial charge in [0.1, 0.15) is 11.6 Å². The van der Waals surface area contributed by atoms with E-state index < -0.39 is 0 Å². The van der Waals surface area contributed by atoms with Crippen molar-refractivity contribution in [3.63, 3.8) is 0 Å². The third-order valence-electron chi connectivity index (χ3n) is 4.99. The highest BCUT2D eigenvalue weighted by Gasteiger charge is 2.31. The molecule has 1 aromatic rings. The van der Waals surface area contributed by atoms with E-state index in [0.29, 0.717) is 6.04 Å². The Labute approximate surface area is 121 Å². The zero-order valence-electron chi connectivity index (χ0n) is 12.4. The van der Waals surface area contributed by atoms with Crippen LogP contribution in [-0.4, -0.2) is 17.6 Å². The summed E-state index contributed by atoms with van der Waals surface area (Å²) in [5.74, 6) is 2.48. The molecule has 0 bridgehead atoms. The predicted molar refractivity (Wildman–Crippen MR) is 80.3 cm³/mol. The van der Waals surface area contributed by atoms with Crippen molar-refractivity contribution >= 4 is 5.82 Å².